The van der Waals surface area contributed by atoms with Crippen molar-refractivity contribution >= 4 is 28.7 Å². The number of aryl methyl sites for hydroxylation is 1. The van der Waals surface area contributed by atoms with E-state index in [0.717, 1.165) is 17.1 Å². The van der Waals surface area contributed by atoms with Crippen molar-refractivity contribution in [1.82, 2.24) is 14.8 Å². The molecule has 4 aromatic rings. The molecule has 0 saturated heterocycles. The fourth-order valence-corrected chi connectivity index (χ4v) is 3.52. The van der Waals surface area contributed by atoms with Crippen molar-refractivity contribution in [3.05, 3.63) is 65.4 Å². The van der Waals surface area contributed by atoms with Gasteiger partial charge >= 0.3 is 0 Å². The quantitative estimate of drug-likeness (QED) is 0.549. The van der Waals surface area contributed by atoms with Crippen LogP contribution in [0, 0.1) is 6.92 Å². The Morgan fingerprint density at radius 3 is 2.82 bits per heavy atom. The maximum absolute atomic E-state index is 12.8. The number of thiazole rings is 1. The van der Waals surface area contributed by atoms with Crippen LogP contribution in [-0.2, 0) is 0 Å². The van der Waals surface area contributed by atoms with E-state index in [-0.39, 0.29) is 5.91 Å². The van der Waals surface area contributed by atoms with E-state index in [1.807, 2.05) is 67.7 Å². The molecule has 1 aromatic carbocycles. The number of nitrogens with one attached hydrogen (secondary N) is 1. The van der Waals surface area contributed by atoms with Gasteiger partial charge in [-0.1, -0.05) is 6.07 Å². The van der Waals surface area contributed by atoms with E-state index in [4.69, 9.17) is 4.42 Å². The molecule has 142 valence electrons. The molecule has 1 amide bonds. The molecule has 0 aliphatic rings. The first-order valence-corrected chi connectivity index (χ1v) is 9.54. The molecule has 3 heterocycles. The standard InChI is InChI=1S/C20H19N5O2S/c1-13-10-18(22-19(26)14-6-4-7-15(11-14)24(2)3)25(23-13)20-21-16(12-28-20)17-8-5-9-27-17/h4-12H,1-3H3,(H,22,26). The van der Waals surface area contributed by atoms with Gasteiger partial charge in [-0.3, -0.25) is 4.79 Å². The molecule has 0 fully saturated rings. The maximum atomic E-state index is 12.8. The van der Waals surface area contributed by atoms with Gasteiger partial charge < -0.3 is 14.6 Å². The van der Waals surface area contributed by atoms with Crippen LogP contribution in [0.2, 0.25) is 0 Å². The van der Waals surface area contributed by atoms with Gasteiger partial charge in [0.2, 0.25) is 5.13 Å². The summed E-state index contributed by atoms with van der Waals surface area (Å²) >= 11 is 1.43. The first-order chi connectivity index (χ1) is 13.5. The Kier molecular flexibility index (Phi) is 4.70. The van der Waals surface area contributed by atoms with Crippen molar-refractivity contribution in [3.63, 3.8) is 0 Å². The molecule has 0 atom stereocenters. The normalized spacial score (nSPS) is 10.8. The highest BCUT2D eigenvalue weighted by Gasteiger charge is 2.16. The number of aromatic nitrogens is 3. The van der Waals surface area contributed by atoms with E-state index in [2.05, 4.69) is 15.4 Å². The number of hydrogen-bond donors (Lipinski definition) is 1. The Labute approximate surface area is 166 Å². The van der Waals surface area contributed by atoms with Crippen molar-refractivity contribution in [2.45, 2.75) is 6.92 Å². The van der Waals surface area contributed by atoms with Crippen LogP contribution in [-0.4, -0.2) is 34.8 Å². The average Bonchev–Trinajstić information content (AvgIpc) is 3.42. The summed E-state index contributed by atoms with van der Waals surface area (Å²) in [4.78, 5) is 19.3. The highest BCUT2D eigenvalue weighted by molar-refractivity contribution is 7.12. The highest BCUT2D eigenvalue weighted by Crippen LogP contribution is 2.27. The van der Waals surface area contributed by atoms with Gasteiger partial charge in [-0.15, -0.1) is 11.3 Å². The second-order valence-corrected chi connectivity index (χ2v) is 7.31. The molecule has 28 heavy (non-hydrogen) atoms. The van der Waals surface area contributed by atoms with Gasteiger partial charge in [-0.2, -0.15) is 9.78 Å². The number of anilines is 2. The largest absolute Gasteiger partial charge is 0.463 e. The topological polar surface area (TPSA) is 76.2 Å². The number of hydrogen-bond acceptors (Lipinski definition) is 6. The zero-order valence-electron chi connectivity index (χ0n) is 15.7. The summed E-state index contributed by atoms with van der Waals surface area (Å²) in [5, 5.41) is 9.97. The molecule has 4 rings (SSSR count). The summed E-state index contributed by atoms with van der Waals surface area (Å²) in [7, 11) is 3.88. The van der Waals surface area contributed by atoms with Crippen LogP contribution in [0.3, 0.4) is 0 Å². The molecule has 0 saturated carbocycles. The van der Waals surface area contributed by atoms with Gasteiger partial charge in [-0.05, 0) is 37.3 Å². The molecule has 0 unspecified atom stereocenters. The lowest BCUT2D eigenvalue weighted by Crippen LogP contribution is -2.16. The van der Waals surface area contributed by atoms with E-state index >= 15 is 0 Å². The molecule has 0 radical (unpaired) electrons. The van der Waals surface area contributed by atoms with E-state index in [1.54, 1.807) is 17.0 Å². The van der Waals surface area contributed by atoms with E-state index in [1.165, 1.54) is 11.3 Å². The summed E-state index contributed by atoms with van der Waals surface area (Å²) in [6, 6.07) is 12.9. The molecular weight excluding hydrogens is 374 g/mol. The maximum Gasteiger partial charge on any atom is 0.256 e. The highest BCUT2D eigenvalue weighted by atomic mass is 32.1. The van der Waals surface area contributed by atoms with Crippen LogP contribution in [0.1, 0.15) is 16.1 Å². The third kappa shape index (κ3) is 3.54. The Morgan fingerprint density at radius 2 is 2.07 bits per heavy atom. The van der Waals surface area contributed by atoms with Crippen molar-refractivity contribution < 1.29 is 9.21 Å². The van der Waals surface area contributed by atoms with Gasteiger partial charge in [0.05, 0.1) is 12.0 Å². The Hall–Kier alpha value is -3.39. The van der Waals surface area contributed by atoms with Gasteiger partial charge in [0, 0.05) is 36.8 Å². The first-order valence-electron chi connectivity index (χ1n) is 8.66. The predicted octanol–water partition coefficient (Wildman–Crippen LogP) is 4.22. The Bertz CT molecular complexity index is 1110. The molecule has 8 heteroatoms. The lowest BCUT2D eigenvalue weighted by atomic mass is 10.2. The summed E-state index contributed by atoms with van der Waals surface area (Å²) in [5.41, 5.74) is 3.05. The minimum atomic E-state index is -0.201. The van der Waals surface area contributed by atoms with Crippen LogP contribution in [0.25, 0.3) is 16.6 Å². The third-order valence-corrected chi connectivity index (χ3v) is 4.96. The molecule has 7 nitrogen and oxygen atoms in total. The number of carbonyl (C=O) groups excluding carboxylic acids is 1. The number of carbonyl (C=O) groups is 1. The molecule has 0 aliphatic heterocycles. The molecule has 1 N–H and O–H groups in total. The van der Waals surface area contributed by atoms with Crippen molar-refractivity contribution in [1.29, 1.82) is 0 Å². The average molecular weight is 393 g/mol. The monoisotopic (exact) mass is 393 g/mol. The molecule has 0 bridgehead atoms. The minimum Gasteiger partial charge on any atom is -0.463 e. The Morgan fingerprint density at radius 1 is 1.21 bits per heavy atom. The number of nitrogens with zero attached hydrogens (tertiary/aromatic N) is 4. The van der Waals surface area contributed by atoms with Crippen LogP contribution in [0.4, 0.5) is 11.5 Å². The molecule has 3 aromatic heterocycles. The van der Waals surface area contributed by atoms with Crippen molar-refractivity contribution in [3.8, 4) is 16.6 Å². The van der Waals surface area contributed by atoms with E-state index < -0.39 is 0 Å². The lowest BCUT2D eigenvalue weighted by molar-refractivity contribution is 0.102. The zero-order valence-corrected chi connectivity index (χ0v) is 16.5. The number of rotatable bonds is 5. The fraction of sp³-hybridized carbons (Fsp3) is 0.150. The SMILES string of the molecule is Cc1cc(NC(=O)c2cccc(N(C)C)c2)n(-c2nc(-c3ccco3)cs2)n1. The van der Waals surface area contributed by atoms with Crippen LogP contribution >= 0.6 is 11.3 Å². The Balaban J connectivity index is 1.62. The van der Waals surface area contributed by atoms with E-state index in [9.17, 15) is 4.79 Å². The van der Waals surface area contributed by atoms with Crippen LogP contribution < -0.4 is 10.2 Å². The van der Waals surface area contributed by atoms with Crippen molar-refractivity contribution in [2.75, 3.05) is 24.3 Å². The summed E-state index contributed by atoms with van der Waals surface area (Å²) in [6.45, 7) is 1.87. The van der Waals surface area contributed by atoms with E-state index in [0.29, 0.717) is 22.3 Å². The predicted molar refractivity (Wildman–Crippen MR) is 110 cm³/mol. The molecule has 0 spiro atoms. The van der Waals surface area contributed by atoms with Crippen molar-refractivity contribution in [2.24, 2.45) is 0 Å². The number of benzene rings is 1. The summed E-state index contributed by atoms with van der Waals surface area (Å²) in [6.07, 6.45) is 1.61. The number of furan rings is 1. The fourth-order valence-electron chi connectivity index (χ4n) is 2.75. The first kappa shape index (κ1) is 18.0. The smallest absolute Gasteiger partial charge is 0.256 e. The zero-order chi connectivity index (χ0) is 19.7. The molecular formula is C20H19N5O2S. The lowest BCUT2D eigenvalue weighted by Gasteiger charge is -2.13. The second-order valence-electron chi connectivity index (χ2n) is 6.47. The summed E-state index contributed by atoms with van der Waals surface area (Å²) in [5.74, 6) is 1.06. The van der Waals surface area contributed by atoms with Gasteiger partial charge in [0.25, 0.3) is 5.91 Å². The van der Waals surface area contributed by atoms with Gasteiger partial charge in [-0.25, -0.2) is 4.98 Å². The third-order valence-electron chi connectivity index (χ3n) is 4.14. The molecule has 0 aliphatic carbocycles. The van der Waals surface area contributed by atoms with Crippen LogP contribution in [0.15, 0.2) is 58.5 Å². The van der Waals surface area contributed by atoms with Gasteiger partial charge in [0.1, 0.15) is 11.5 Å². The van der Waals surface area contributed by atoms with Crippen LogP contribution in [0.5, 0.6) is 0 Å². The minimum absolute atomic E-state index is 0.201. The van der Waals surface area contributed by atoms with Gasteiger partial charge in [0.15, 0.2) is 5.76 Å². The number of amides is 1. The second kappa shape index (κ2) is 7.32. The summed E-state index contributed by atoms with van der Waals surface area (Å²) < 4.78 is 7.04.